The lowest BCUT2D eigenvalue weighted by atomic mass is 10.1. The van der Waals surface area contributed by atoms with Crippen LogP contribution in [0.3, 0.4) is 0 Å². The van der Waals surface area contributed by atoms with Crippen LogP contribution in [0.15, 0.2) is 59.5 Å². The fourth-order valence-corrected chi connectivity index (χ4v) is 3.72. The average molecular weight is 378 g/mol. The number of sulfonamides is 1. The Balaban J connectivity index is 1.89. The van der Waals surface area contributed by atoms with E-state index in [1.54, 1.807) is 30.3 Å². The number of amides is 2. The molecule has 2 aromatic rings. The molecule has 7 nitrogen and oxygen atoms in total. The molecule has 0 radical (unpaired) electrons. The molecule has 26 heavy (non-hydrogen) atoms. The normalized spacial score (nSPS) is 15.8. The number of nitrogens with zero attached hydrogens (tertiary/aromatic N) is 1. The summed E-state index contributed by atoms with van der Waals surface area (Å²) in [4.78, 5) is 24.2. The Bertz CT molecular complexity index is 900. The second-order valence-electron chi connectivity index (χ2n) is 5.60. The molecular formula is C17H15FN2O5S. The van der Waals surface area contributed by atoms with Gasteiger partial charge in [-0.25, -0.2) is 27.2 Å². The summed E-state index contributed by atoms with van der Waals surface area (Å²) in [6.45, 7) is -0.590. The molecule has 9 heteroatoms. The highest BCUT2D eigenvalue weighted by molar-refractivity contribution is 7.89. The maximum Gasteiger partial charge on any atom is 0.417 e. The number of carbonyl (C=O) groups excluding carboxylic acids is 2. The standard InChI is InChI=1S/C17H15FN2O5S/c18-13-6-8-14(9-7-13)26(23,24)19-15(12-4-2-1-3-5-12)10-20-16(21)11-25-17(20)22/h1-9,15,19H,10-11H2. The summed E-state index contributed by atoms with van der Waals surface area (Å²) in [6, 6.07) is 12.0. The number of imide groups is 1. The van der Waals surface area contributed by atoms with Gasteiger partial charge >= 0.3 is 6.09 Å². The van der Waals surface area contributed by atoms with E-state index in [0.29, 0.717) is 5.56 Å². The molecule has 1 heterocycles. The van der Waals surface area contributed by atoms with Gasteiger partial charge in [0, 0.05) is 0 Å². The van der Waals surface area contributed by atoms with Gasteiger partial charge in [0.2, 0.25) is 10.0 Å². The predicted octanol–water partition coefficient (Wildman–Crippen LogP) is 1.82. The van der Waals surface area contributed by atoms with E-state index in [-0.39, 0.29) is 18.0 Å². The molecule has 0 saturated carbocycles. The summed E-state index contributed by atoms with van der Waals surface area (Å²) < 4.78 is 45.4. The van der Waals surface area contributed by atoms with E-state index in [2.05, 4.69) is 9.46 Å². The van der Waals surface area contributed by atoms with Crippen molar-refractivity contribution in [1.29, 1.82) is 0 Å². The Hall–Kier alpha value is -2.78. The van der Waals surface area contributed by atoms with Crippen LogP contribution in [0.4, 0.5) is 9.18 Å². The van der Waals surface area contributed by atoms with Crippen molar-refractivity contribution in [2.75, 3.05) is 13.2 Å². The fraction of sp³-hybridized carbons (Fsp3) is 0.176. The molecule has 0 aliphatic carbocycles. The van der Waals surface area contributed by atoms with Gasteiger partial charge in [-0.1, -0.05) is 30.3 Å². The van der Waals surface area contributed by atoms with Crippen LogP contribution >= 0.6 is 0 Å². The number of rotatable bonds is 6. The quantitative estimate of drug-likeness (QED) is 0.828. The predicted molar refractivity (Wildman–Crippen MR) is 89.0 cm³/mol. The van der Waals surface area contributed by atoms with Gasteiger partial charge in [-0.05, 0) is 29.8 Å². The highest BCUT2D eigenvalue weighted by Gasteiger charge is 2.34. The van der Waals surface area contributed by atoms with Gasteiger partial charge in [0.15, 0.2) is 6.61 Å². The number of cyclic esters (lactones) is 1. The molecule has 0 aromatic heterocycles. The SMILES string of the molecule is O=C1COC(=O)N1CC(NS(=O)(=O)c1ccc(F)cc1)c1ccccc1. The minimum absolute atomic E-state index is 0.129. The summed E-state index contributed by atoms with van der Waals surface area (Å²) in [5.41, 5.74) is 0.561. The number of nitrogens with one attached hydrogen (secondary N) is 1. The lowest BCUT2D eigenvalue weighted by molar-refractivity contribution is -0.126. The Labute approximate surface area is 149 Å². The van der Waals surface area contributed by atoms with E-state index in [0.717, 1.165) is 29.2 Å². The summed E-state index contributed by atoms with van der Waals surface area (Å²) in [5, 5.41) is 0. The maximum atomic E-state index is 13.0. The van der Waals surface area contributed by atoms with Gasteiger partial charge in [0.1, 0.15) is 5.82 Å². The van der Waals surface area contributed by atoms with Crippen LogP contribution in [0.5, 0.6) is 0 Å². The summed E-state index contributed by atoms with van der Waals surface area (Å²) >= 11 is 0. The Morgan fingerprint density at radius 3 is 2.31 bits per heavy atom. The van der Waals surface area contributed by atoms with E-state index in [1.807, 2.05) is 0 Å². The summed E-state index contributed by atoms with van der Waals surface area (Å²) in [7, 11) is -4.01. The van der Waals surface area contributed by atoms with Crippen LogP contribution < -0.4 is 4.72 Å². The number of hydrogen-bond acceptors (Lipinski definition) is 5. The highest BCUT2D eigenvalue weighted by Crippen LogP contribution is 2.20. The van der Waals surface area contributed by atoms with Gasteiger partial charge in [0.25, 0.3) is 5.91 Å². The van der Waals surface area contributed by atoms with E-state index in [4.69, 9.17) is 0 Å². The lowest BCUT2D eigenvalue weighted by Gasteiger charge is -2.22. The first-order valence-corrected chi connectivity index (χ1v) is 9.15. The average Bonchev–Trinajstić information content (AvgIpc) is 2.94. The van der Waals surface area contributed by atoms with Crippen molar-refractivity contribution in [2.45, 2.75) is 10.9 Å². The van der Waals surface area contributed by atoms with E-state index < -0.39 is 33.9 Å². The van der Waals surface area contributed by atoms with Crippen LogP contribution in [0, 0.1) is 5.82 Å². The largest absolute Gasteiger partial charge is 0.439 e. The van der Waals surface area contributed by atoms with Crippen LogP contribution in [0.2, 0.25) is 0 Å². The molecule has 1 N–H and O–H groups in total. The van der Waals surface area contributed by atoms with Crippen LogP contribution in [-0.2, 0) is 19.6 Å². The first-order valence-electron chi connectivity index (χ1n) is 7.67. The Morgan fingerprint density at radius 1 is 1.08 bits per heavy atom. The first-order chi connectivity index (χ1) is 12.4. The Morgan fingerprint density at radius 2 is 1.73 bits per heavy atom. The van der Waals surface area contributed by atoms with E-state index >= 15 is 0 Å². The lowest BCUT2D eigenvalue weighted by Crippen LogP contribution is -2.40. The molecular weight excluding hydrogens is 363 g/mol. The molecule has 2 amide bonds. The molecule has 0 bridgehead atoms. The van der Waals surface area contributed by atoms with Crippen molar-refractivity contribution in [3.8, 4) is 0 Å². The van der Waals surface area contributed by atoms with Crippen LogP contribution in [-0.4, -0.2) is 38.5 Å². The van der Waals surface area contributed by atoms with Gasteiger partial charge in [0.05, 0.1) is 17.5 Å². The van der Waals surface area contributed by atoms with E-state index in [1.165, 1.54) is 0 Å². The van der Waals surface area contributed by atoms with Crippen molar-refractivity contribution < 1.29 is 27.1 Å². The van der Waals surface area contributed by atoms with Gasteiger partial charge < -0.3 is 4.74 Å². The number of carbonyl (C=O) groups is 2. The van der Waals surface area contributed by atoms with Crippen molar-refractivity contribution in [3.05, 3.63) is 66.0 Å². The number of hydrogen-bond donors (Lipinski definition) is 1. The van der Waals surface area contributed by atoms with E-state index in [9.17, 15) is 22.4 Å². The van der Waals surface area contributed by atoms with Gasteiger partial charge in [-0.3, -0.25) is 4.79 Å². The topological polar surface area (TPSA) is 92.8 Å². The fourth-order valence-electron chi connectivity index (χ4n) is 2.51. The minimum Gasteiger partial charge on any atom is -0.439 e. The molecule has 2 aromatic carbocycles. The number of benzene rings is 2. The minimum atomic E-state index is -4.01. The molecule has 3 rings (SSSR count). The monoisotopic (exact) mass is 378 g/mol. The third kappa shape index (κ3) is 3.89. The smallest absolute Gasteiger partial charge is 0.417 e. The third-order valence-electron chi connectivity index (χ3n) is 3.83. The van der Waals surface area contributed by atoms with Crippen LogP contribution in [0.1, 0.15) is 11.6 Å². The molecule has 1 aliphatic heterocycles. The second kappa shape index (κ2) is 7.22. The van der Waals surface area contributed by atoms with Crippen molar-refractivity contribution >= 4 is 22.0 Å². The van der Waals surface area contributed by atoms with Gasteiger partial charge in [-0.15, -0.1) is 0 Å². The molecule has 1 saturated heterocycles. The summed E-state index contributed by atoms with van der Waals surface area (Å²) in [6.07, 6.45) is -0.822. The molecule has 136 valence electrons. The zero-order chi connectivity index (χ0) is 18.7. The number of ether oxygens (including phenoxy) is 1. The van der Waals surface area contributed by atoms with Crippen molar-refractivity contribution in [2.24, 2.45) is 0 Å². The molecule has 1 fully saturated rings. The maximum absolute atomic E-state index is 13.0. The Kier molecular flexibility index (Phi) is 5.01. The second-order valence-corrected chi connectivity index (χ2v) is 7.31. The first kappa shape index (κ1) is 18.0. The number of halogens is 1. The molecule has 1 unspecified atom stereocenters. The zero-order valence-electron chi connectivity index (χ0n) is 13.5. The summed E-state index contributed by atoms with van der Waals surface area (Å²) in [5.74, 6) is -1.11. The van der Waals surface area contributed by atoms with Gasteiger partial charge in [-0.2, -0.15) is 0 Å². The third-order valence-corrected chi connectivity index (χ3v) is 5.32. The zero-order valence-corrected chi connectivity index (χ0v) is 14.3. The van der Waals surface area contributed by atoms with Crippen molar-refractivity contribution in [1.82, 2.24) is 9.62 Å². The highest BCUT2D eigenvalue weighted by atomic mass is 32.2. The molecule has 0 spiro atoms. The molecule has 1 aliphatic rings. The molecule has 1 atom stereocenters. The van der Waals surface area contributed by atoms with Crippen molar-refractivity contribution in [3.63, 3.8) is 0 Å². The van der Waals surface area contributed by atoms with Crippen LogP contribution in [0.25, 0.3) is 0 Å².